The average molecular weight is 124 g/mol. The molecule has 1 aromatic rings. The second-order valence-electron chi connectivity index (χ2n) is 1.90. The molecule has 1 rings (SSSR count). The number of hydrogen-bond donors (Lipinski definition) is 0. The third kappa shape index (κ3) is 1.22. The minimum absolute atomic E-state index is 0.960. The largest absolute Gasteiger partial charge is 0.314 e. The van der Waals surface area contributed by atoms with Gasteiger partial charge in [-0.2, -0.15) is 0 Å². The monoisotopic (exact) mass is 124 g/mol. The van der Waals surface area contributed by atoms with E-state index in [0.717, 1.165) is 12.2 Å². The summed E-state index contributed by atoms with van der Waals surface area (Å²) < 4.78 is 2.03. The van der Waals surface area contributed by atoms with Crippen LogP contribution in [0.3, 0.4) is 0 Å². The van der Waals surface area contributed by atoms with E-state index in [2.05, 4.69) is 17.1 Å². The number of aryl methyl sites for hydroxylation is 2. The zero-order valence-corrected chi connectivity index (χ0v) is 5.70. The smallest absolute Gasteiger partial charge is 0.231 e. The molecule has 0 amide bonds. The summed E-state index contributed by atoms with van der Waals surface area (Å²) in [5.41, 5.74) is 1.15. The van der Waals surface area contributed by atoms with Gasteiger partial charge in [-0.15, -0.1) is 0 Å². The van der Waals surface area contributed by atoms with Gasteiger partial charge in [-0.25, -0.2) is 4.57 Å². The summed E-state index contributed by atoms with van der Waals surface area (Å²) in [6, 6.07) is 0. The molecule has 0 saturated heterocycles. The predicted molar refractivity (Wildman–Crippen MR) is 32.6 cm³/mol. The Bertz CT molecular complexity index is 197. The van der Waals surface area contributed by atoms with E-state index in [4.69, 9.17) is 0 Å². The summed E-state index contributed by atoms with van der Waals surface area (Å²) >= 11 is 0. The lowest BCUT2D eigenvalue weighted by molar-refractivity contribution is -0.703. The van der Waals surface area contributed by atoms with Crippen molar-refractivity contribution in [3.05, 3.63) is 18.2 Å². The van der Waals surface area contributed by atoms with Gasteiger partial charge in [0.25, 0.3) is 0 Å². The summed E-state index contributed by atoms with van der Waals surface area (Å²) in [5.74, 6) is 0. The first-order chi connectivity index (χ1) is 4.34. The Morgan fingerprint density at radius 1 is 1.56 bits per heavy atom. The summed E-state index contributed by atoms with van der Waals surface area (Å²) in [6.07, 6.45) is 3.48. The molecule has 0 saturated carbocycles. The maximum absolute atomic E-state index is 3.73. The third-order valence-corrected chi connectivity index (χ3v) is 1.30. The van der Waals surface area contributed by atoms with E-state index in [-0.39, 0.29) is 0 Å². The topological polar surface area (TPSA) is 29.7 Å². The number of nitrogens with zero attached hydrogens (tertiary/aromatic N) is 3. The van der Waals surface area contributed by atoms with Crippen LogP contribution in [0.15, 0.2) is 12.5 Å². The maximum atomic E-state index is 3.73. The highest BCUT2D eigenvalue weighted by Crippen LogP contribution is 1.78. The molecule has 0 aliphatic heterocycles. The van der Waals surface area contributed by atoms with Crippen LogP contribution in [0.4, 0.5) is 0 Å². The van der Waals surface area contributed by atoms with E-state index >= 15 is 0 Å². The lowest BCUT2D eigenvalue weighted by Gasteiger charge is -1.93. The molecule has 0 fully saturated rings. The second-order valence-corrected chi connectivity index (χ2v) is 1.90. The van der Waals surface area contributed by atoms with Gasteiger partial charge in [0.1, 0.15) is 11.9 Å². The van der Waals surface area contributed by atoms with Crippen molar-refractivity contribution in [2.75, 3.05) is 0 Å². The number of hydrogen-bond acceptors (Lipinski definition) is 2. The van der Waals surface area contributed by atoms with Crippen LogP contribution in [0, 0.1) is 6.92 Å². The molecule has 0 atom stereocenters. The van der Waals surface area contributed by atoms with Crippen molar-refractivity contribution in [1.29, 1.82) is 0 Å². The van der Waals surface area contributed by atoms with Gasteiger partial charge < -0.3 is 0 Å². The molecule has 9 heavy (non-hydrogen) atoms. The fraction of sp³-hybridized carbons (Fsp3) is 0.500. The van der Waals surface area contributed by atoms with E-state index in [0.29, 0.717) is 0 Å². The van der Waals surface area contributed by atoms with Crippen molar-refractivity contribution >= 4 is 0 Å². The molecule has 48 valence electrons. The van der Waals surface area contributed by atoms with Gasteiger partial charge in [-0.3, -0.25) is 0 Å². The van der Waals surface area contributed by atoms with Crippen LogP contribution in [0.25, 0.3) is 0 Å². The minimum Gasteiger partial charge on any atom is -0.231 e. The van der Waals surface area contributed by atoms with E-state index in [1.54, 1.807) is 12.5 Å². The van der Waals surface area contributed by atoms with Crippen molar-refractivity contribution in [2.24, 2.45) is 0 Å². The molecular weight excluding hydrogens is 114 g/mol. The molecule has 0 radical (unpaired) electrons. The molecule has 0 unspecified atom stereocenters. The molecule has 0 aliphatic rings. The lowest BCUT2D eigenvalue weighted by atomic mass is 10.5. The van der Waals surface area contributed by atoms with Crippen LogP contribution >= 0.6 is 0 Å². The molecule has 1 heterocycles. The molecule has 0 aliphatic carbocycles. The quantitative estimate of drug-likeness (QED) is 0.497. The Hall–Kier alpha value is -0.990. The number of aromatic nitrogens is 3. The van der Waals surface area contributed by atoms with Crippen LogP contribution in [-0.4, -0.2) is 10.2 Å². The van der Waals surface area contributed by atoms with Gasteiger partial charge in [-0.1, -0.05) is 0 Å². The normalized spacial score (nSPS) is 9.56. The van der Waals surface area contributed by atoms with E-state index in [1.807, 2.05) is 11.5 Å². The van der Waals surface area contributed by atoms with Gasteiger partial charge in [0.2, 0.25) is 0 Å². The first-order valence-electron chi connectivity index (χ1n) is 3.01. The zero-order chi connectivity index (χ0) is 6.69. The fourth-order valence-corrected chi connectivity index (χ4v) is 0.705. The Kier molecular flexibility index (Phi) is 1.72. The summed E-state index contributed by atoms with van der Waals surface area (Å²) in [5, 5.41) is 7.45. The standard InChI is InChI=1S/C6H10N3/c1-3-9-5-8-7-4-6(9)2/h4-5H,3H2,1-2H3/q+1. The van der Waals surface area contributed by atoms with Gasteiger partial charge in [-0.05, 0) is 18.9 Å². The van der Waals surface area contributed by atoms with Gasteiger partial charge in [0.15, 0.2) is 0 Å². The van der Waals surface area contributed by atoms with Gasteiger partial charge >= 0.3 is 6.33 Å². The van der Waals surface area contributed by atoms with Crippen LogP contribution < -0.4 is 4.57 Å². The third-order valence-electron chi connectivity index (χ3n) is 1.30. The molecular formula is C6H10N3+. The lowest BCUT2D eigenvalue weighted by Crippen LogP contribution is -2.36. The Balaban J connectivity index is 3.01. The highest BCUT2D eigenvalue weighted by atomic mass is 15.2. The molecule has 0 N–H and O–H groups in total. The molecule has 3 heteroatoms. The first-order valence-corrected chi connectivity index (χ1v) is 3.01. The summed E-state index contributed by atoms with van der Waals surface area (Å²) in [7, 11) is 0. The molecule has 0 bridgehead atoms. The van der Waals surface area contributed by atoms with Crippen molar-refractivity contribution < 1.29 is 4.57 Å². The highest BCUT2D eigenvalue weighted by molar-refractivity contribution is 4.76. The van der Waals surface area contributed by atoms with Crippen LogP contribution in [0.2, 0.25) is 0 Å². The Labute approximate surface area is 54.4 Å². The van der Waals surface area contributed by atoms with Crippen molar-refractivity contribution in [3.8, 4) is 0 Å². The number of rotatable bonds is 1. The molecule has 3 nitrogen and oxygen atoms in total. The van der Waals surface area contributed by atoms with Crippen LogP contribution in [0.1, 0.15) is 12.6 Å². The average Bonchev–Trinajstić information content (AvgIpc) is 1.89. The minimum atomic E-state index is 0.960. The van der Waals surface area contributed by atoms with Crippen molar-refractivity contribution in [1.82, 2.24) is 10.2 Å². The van der Waals surface area contributed by atoms with Gasteiger partial charge in [0, 0.05) is 0 Å². The Morgan fingerprint density at radius 2 is 2.33 bits per heavy atom. The summed E-state index contributed by atoms with van der Waals surface area (Å²) in [6.45, 7) is 5.05. The first kappa shape index (κ1) is 6.13. The maximum Gasteiger partial charge on any atom is 0.314 e. The van der Waals surface area contributed by atoms with E-state index in [1.165, 1.54) is 0 Å². The molecule has 0 spiro atoms. The van der Waals surface area contributed by atoms with Crippen LogP contribution in [-0.2, 0) is 6.54 Å². The van der Waals surface area contributed by atoms with Gasteiger partial charge in [0.05, 0.1) is 11.6 Å². The van der Waals surface area contributed by atoms with Crippen molar-refractivity contribution in [2.45, 2.75) is 20.4 Å². The highest BCUT2D eigenvalue weighted by Gasteiger charge is 1.97. The van der Waals surface area contributed by atoms with Crippen LogP contribution in [0.5, 0.6) is 0 Å². The second kappa shape index (κ2) is 2.53. The van der Waals surface area contributed by atoms with Crippen molar-refractivity contribution in [3.63, 3.8) is 0 Å². The zero-order valence-electron chi connectivity index (χ0n) is 5.70. The molecule has 0 aromatic carbocycles. The molecule has 1 aromatic heterocycles. The summed E-state index contributed by atoms with van der Waals surface area (Å²) in [4.78, 5) is 0. The SMILES string of the molecule is CC[n+]1cnncc1C. The van der Waals surface area contributed by atoms with E-state index < -0.39 is 0 Å². The fourth-order valence-electron chi connectivity index (χ4n) is 0.705. The predicted octanol–water partition coefficient (Wildman–Crippen LogP) is 0.0924. The van der Waals surface area contributed by atoms with E-state index in [9.17, 15) is 0 Å². The Morgan fingerprint density at radius 3 is 2.78 bits per heavy atom.